The van der Waals surface area contributed by atoms with Crippen molar-refractivity contribution < 1.29 is 18.0 Å². The average molecular weight is 438 g/mol. The summed E-state index contributed by atoms with van der Waals surface area (Å²) in [5, 5.41) is 1.94. The number of rotatable bonds is 3. The van der Waals surface area contributed by atoms with Gasteiger partial charge in [0.25, 0.3) is 0 Å². The van der Waals surface area contributed by atoms with Gasteiger partial charge in [0.2, 0.25) is 0 Å². The highest BCUT2D eigenvalue weighted by Gasteiger charge is 2.58. The Morgan fingerprint density at radius 1 is 1.04 bits per heavy atom. The van der Waals surface area contributed by atoms with E-state index in [1.807, 2.05) is 0 Å². The fourth-order valence-corrected chi connectivity index (χ4v) is 4.74. The second-order valence-corrected chi connectivity index (χ2v) is 8.22. The Labute approximate surface area is 167 Å². The van der Waals surface area contributed by atoms with E-state index in [0.717, 1.165) is 0 Å². The molecule has 0 spiro atoms. The summed E-state index contributed by atoms with van der Waals surface area (Å²) in [4.78, 5) is 10.9. The van der Waals surface area contributed by atoms with Gasteiger partial charge in [-0.2, -0.15) is 13.2 Å². The lowest BCUT2D eigenvalue weighted by Crippen LogP contribution is -2.37. The van der Waals surface area contributed by atoms with Crippen LogP contribution >= 0.6 is 46.6 Å². The zero-order valence-corrected chi connectivity index (χ0v) is 16.0. The molecule has 26 heavy (non-hydrogen) atoms. The predicted octanol–water partition coefficient (Wildman–Crippen LogP) is 7.39. The second kappa shape index (κ2) is 7.12. The monoisotopic (exact) mass is 436 g/mol. The Morgan fingerprint density at radius 2 is 1.69 bits per heavy atom. The Hall–Kier alpha value is -1.14. The SMILES string of the molecule is O=Cc1ccc(C2=CSC(c3cc(Cl)cc(Cl)c3)(C(F)(F)F)C2)cc1Cl. The number of halogens is 6. The third kappa shape index (κ3) is 3.50. The molecule has 0 N–H and O–H groups in total. The third-order valence-electron chi connectivity index (χ3n) is 4.13. The zero-order valence-electron chi connectivity index (χ0n) is 12.9. The molecular weight excluding hydrogens is 428 g/mol. The number of thioether (sulfide) groups is 1. The van der Waals surface area contributed by atoms with E-state index in [1.54, 1.807) is 6.07 Å². The molecule has 2 aromatic carbocycles. The van der Waals surface area contributed by atoms with Crippen molar-refractivity contribution >= 4 is 58.4 Å². The number of carbonyl (C=O) groups is 1. The summed E-state index contributed by atoms with van der Waals surface area (Å²) < 4.78 is 39.9. The van der Waals surface area contributed by atoms with Gasteiger partial charge >= 0.3 is 6.18 Å². The van der Waals surface area contributed by atoms with E-state index in [9.17, 15) is 18.0 Å². The molecule has 0 saturated heterocycles. The lowest BCUT2D eigenvalue weighted by atomic mass is 9.88. The summed E-state index contributed by atoms with van der Waals surface area (Å²) >= 11 is 18.5. The highest BCUT2D eigenvalue weighted by Crippen LogP contribution is 2.60. The van der Waals surface area contributed by atoms with Crippen LogP contribution < -0.4 is 0 Å². The molecule has 0 fully saturated rings. The minimum atomic E-state index is -4.53. The Bertz CT molecular complexity index is 891. The highest BCUT2D eigenvalue weighted by atomic mass is 35.5. The van der Waals surface area contributed by atoms with Gasteiger partial charge in [-0.25, -0.2) is 0 Å². The van der Waals surface area contributed by atoms with E-state index in [2.05, 4.69) is 0 Å². The molecule has 1 unspecified atom stereocenters. The number of aldehydes is 1. The van der Waals surface area contributed by atoms with Crippen molar-refractivity contribution in [2.75, 3.05) is 0 Å². The van der Waals surface area contributed by atoms with Crippen molar-refractivity contribution in [3.63, 3.8) is 0 Å². The molecule has 1 aliphatic heterocycles. The lowest BCUT2D eigenvalue weighted by molar-refractivity contribution is -0.160. The maximum absolute atomic E-state index is 14.0. The number of benzene rings is 2. The molecule has 2 aromatic rings. The van der Waals surface area contributed by atoms with Crippen LogP contribution in [0.2, 0.25) is 15.1 Å². The molecule has 1 aliphatic rings. The predicted molar refractivity (Wildman–Crippen MR) is 101 cm³/mol. The molecule has 0 radical (unpaired) electrons. The number of hydrogen-bond donors (Lipinski definition) is 0. The Balaban J connectivity index is 2.03. The average Bonchev–Trinajstić information content (AvgIpc) is 3.00. The summed E-state index contributed by atoms with van der Waals surface area (Å²) in [5.74, 6) is 0. The van der Waals surface area contributed by atoms with Gasteiger partial charge in [-0.1, -0.05) is 40.9 Å². The van der Waals surface area contributed by atoms with Gasteiger partial charge in [0.1, 0.15) is 4.75 Å². The van der Waals surface area contributed by atoms with Crippen molar-refractivity contribution in [3.8, 4) is 0 Å². The van der Waals surface area contributed by atoms with Gasteiger partial charge in [0.05, 0.1) is 5.02 Å². The number of allylic oxidation sites excluding steroid dienone is 1. The quantitative estimate of drug-likeness (QED) is 0.465. The van der Waals surface area contributed by atoms with Crippen LogP contribution in [0, 0.1) is 0 Å². The maximum atomic E-state index is 14.0. The van der Waals surface area contributed by atoms with Crippen LogP contribution in [0.5, 0.6) is 0 Å². The molecule has 0 saturated carbocycles. The van der Waals surface area contributed by atoms with E-state index >= 15 is 0 Å². The molecule has 1 nitrogen and oxygen atoms in total. The molecule has 0 aromatic heterocycles. The molecule has 136 valence electrons. The van der Waals surface area contributed by atoms with E-state index in [-0.39, 0.29) is 32.6 Å². The van der Waals surface area contributed by atoms with Crippen LogP contribution in [-0.4, -0.2) is 12.5 Å². The first kappa shape index (κ1) is 19.6. The smallest absolute Gasteiger partial charge is 0.298 e. The van der Waals surface area contributed by atoms with Crippen LogP contribution in [0.3, 0.4) is 0 Å². The lowest BCUT2D eigenvalue weighted by Gasteiger charge is -2.32. The summed E-state index contributed by atoms with van der Waals surface area (Å²) in [6.45, 7) is 0. The first-order valence-corrected chi connectivity index (χ1v) is 9.33. The first-order valence-electron chi connectivity index (χ1n) is 7.31. The first-order chi connectivity index (χ1) is 12.2. The highest BCUT2D eigenvalue weighted by molar-refractivity contribution is 8.03. The van der Waals surface area contributed by atoms with Crippen molar-refractivity contribution in [3.05, 3.63) is 73.6 Å². The fraction of sp³-hybridized carbons (Fsp3) is 0.167. The molecule has 3 rings (SSSR count). The van der Waals surface area contributed by atoms with Gasteiger partial charge in [-0.05, 0) is 52.4 Å². The molecule has 8 heteroatoms. The largest absolute Gasteiger partial charge is 0.407 e. The van der Waals surface area contributed by atoms with Gasteiger partial charge in [-0.3, -0.25) is 4.79 Å². The van der Waals surface area contributed by atoms with Gasteiger partial charge in [0.15, 0.2) is 6.29 Å². The fourth-order valence-electron chi connectivity index (χ4n) is 2.80. The summed E-state index contributed by atoms with van der Waals surface area (Å²) in [7, 11) is 0. The molecular formula is C18H10Cl3F3OS. The van der Waals surface area contributed by atoms with Crippen molar-refractivity contribution in [1.82, 2.24) is 0 Å². The third-order valence-corrected chi connectivity index (χ3v) is 6.31. The van der Waals surface area contributed by atoms with Crippen molar-refractivity contribution in [2.24, 2.45) is 0 Å². The number of hydrogen-bond acceptors (Lipinski definition) is 2. The van der Waals surface area contributed by atoms with Crippen molar-refractivity contribution in [1.29, 1.82) is 0 Å². The number of carbonyl (C=O) groups excluding carboxylic acids is 1. The van der Waals surface area contributed by atoms with Gasteiger partial charge in [-0.15, -0.1) is 11.8 Å². The maximum Gasteiger partial charge on any atom is 0.407 e. The summed E-state index contributed by atoms with van der Waals surface area (Å²) in [6, 6.07) is 8.53. The molecule has 1 heterocycles. The minimum absolute atomic E-state index is 0.00522. The Morgan fingerprint density at radius 3 is 2.23 bits per heavy atom. The van der Waals surface area contributed by atoms with Crippen LogP contribution in [0.25, 0.3) is 5.57 Å². The summed E-state index contributed by atoms with van der Waals surface area (Å²) in [5.41, 5.74) is 1.29. The van der Waals surface area contributed by atoms with Crippen molar-refractivity contribution in [2.45, 2.75) is 17.3 Å². The molecule has 0 aliphatic carbocycles. The van der Waals surface area contributed by atoms with Crippen LogP contribution in [0.1, 0.15) is 27.9 Å². The molecule has 1 atom stereocenters. The van der Waals surface area contributed by atoms with E-state index in [1.165, 1.54) is 35.7 Å². The van der Waals surface area contributed by atoms with E-state index in [0.29, 0.717) is 29.2 Å². The molecule has 0 amide bonds. The van der Waals surface area contributed by atoms with Crippen LogP contribution in [0.15, 0.2) is 41.8 Å². The van der Waals surface area contributed by atoms with E-state index in [4.69, 9.17) is 34.8 Å². The van der Waals surface area contributed by atoms with Crippen LogP contribution in [0.4, 0.5) is 13.2 Å². The normalized spacial score (nSPS) is 20.2. The van der Waals surface area contributed by atoms with Gasteiger partial charge in [0, 0.05) is 22.0 Å². The Kier molecular flexibility index (Phi) is 5.37. The topological polar surface area (TPSA) is 17.1 Å². The van der Waals surface area contributed by atoms with Gasteiger partial charge < -0.3 is 0 Å². The second-order valence-electron chi connectivity index (χ2n) is 5.77. The zero-order chi connectivity index (χ0) is 19.1. The van der Waals surface area contributed by atoms with E-state index < -0.39 is 10.9 Å². The number of alkyl halides is 3. The molecule has 0 bridgehead atoms. The standard InChI is InChI=1S/C18H10Cl3F3OS/c19-14-4-13(5-15(20)6-14)17(18(22,23)24)7-12(9-26-17)10-1-2-11(8-25)16(21)3-10/h1-6,8-9H,7H2. The van der Waals surface area contributed by atoms with Crippen LogP contribution in [-0.2, 0) is 4.75 Å². The minimum Gasteiger partial charge on any atom is -0.298 e. The summed E-state index contributed by atoms with van der Waals surface area (Å²) in [6.07, 6.45) is -4.23.